The summed E-state index contributed by atoms with van der Waals surface area (Å²) in [6.45, 7) is 1.45. The number of sulfonamides is 1. The number of fused-ring (bicyclic) bond motifs is 1. The predicted octanol–water partition coefficient (Wildman–Crippen LogP) is 2.90. The van der Waals surface area contributed by atoms with Gasteiger partial charge in [-0.3, -0.25) is 4.79 Å². The van der Waals surface area contributed by atoms with Crippen molar-refractivity contribution < 1.29 is 8.42 Å². The van der Waals surface area contributed by atoms with Gasteiger partial charge in [0.2, 0.25) is 10.0 Å². The Labute approximate surface area is 158 Å². The molecule has 1 aliphatic heterocycles. The quantitative estimate of drug-likeness (QED) is 0.803. The highest BCUT2D eigenvalue weighted by molar-refractivity contribution is 7.88. The Kier molecular flexibility index (Phi) is 4.45. The molecule has 2 aromatic rings. The fourth-order valence-electron chi connectivity index (χ4n) is 3.59. The molecule has 0 amide bonds. The van der Waals surface area contributed by atoms with Gasteiger partial charge in [-0.1, -0.05) is 23.7 Å². The molecule has 0 unspecified atom stereocenters. The van der Waals surface area contributed by atoms with E-state index >= 15 is 0 Å². The molecule has 138 valence electrons. The van der Waals surface area contributed by atoms with Crippen LogP contribution in [0.25, 0.3) is 11.1 Å². The molecule has 2 heterocycles. The summed E-state index contributed by atoms with van der Waals surface area (Å²) in [5.74, 6) is 0.555. The molecule has 0 N–H and O–H groups in total. The Morgan fingerprint density at radius 3 is 2.65 bits per heavy atom. The van der Waals surface area contributed by atoms with Crippen LogP contribution < -0.4 is 5.56 Å². The monoisotopic (exact) mass is 392 g/mol. The molecule has 0 bridgehead atoms. The van der Waals surface area contributed by atoms with Crippen molar-refractivity contribution in [1.82, 2.24) is 8.87 Å². The largest absolute Gasteiger partial charge is 0.311 e. The fraction of sp³-hybridized carbons (Fsp3) is 0.421. The molecule has 4 rings (SSSR count). The number of hydrogen-bond donors (Lipinski definition) is 0. The second-order valence-electron chi connectivity index (χ2n) is 7.25. The third kappa shape index (κ3) is 3.46. The first-order chi connectivity index (χ1) is 12.3. The summed E-state index contributed by atoms with van der Waals surface area (Å²) in [4.78, 5) is 13.2. The summed E-state index contributed by atoms with van der Waals surface area (Å²) < 4.78 is 27.3. The maximum atomic E-state index is 13.2. The van der Waals surface area contributed by atoms with Gasteiger partial charge in [0, 0.05) is 42.3 Å². The van der Waals surface area contributed by atoms with Crippen molar-refractivity contribution in [1.29, 1.82) is 0 Å². The van der Waals surface area contributed by atoms with E-state index in [4.69, 9.17) is 11.6 Å². The van der Waals surface area contributed by atoms with Crippen molar-refractivity contribution in [3.63, 3.8) is 0 Å². The average Bonchev–Trinajstić information content (AvgIpc) is 3.40. The second-order valence-corrected chi connectivity index (χ2v) is 9.66. The van der Waals surface area contributed by atoms with Gasteiger partial charge in [0.05, 0.1) is 6.26 Å². The molecule has 0 atom stereocenters. The average molecular weight is 393 g/mol. The Bertz CT molecular complexity index is 1030. The predicted molar refractivity (Wildman–Crippen MR) is 103 cm³/mol. The number of nitrogens with zero attached hydrogens (tertiary/aromatic N) is 2. The number of pyridine rings is 1. The molecule has 1 fully saturated rings. The van der Waals surface area contributed by atoms with Gasteiger partial charge in [-0.05, 0) is 48.1 Å². The maximum Gasteiger partial charge on any atom is 0.258 e. The Morgan fingerprint density at radius 1 is 1.23 bits per heavy atom. The van der Waals surface area contributed by atoms with Crippen molar-refractivity contribution in [2.24, 2.45) is 5.92 Å². The number of aromatic nitrogens is 1. The third-order valence-electron chi connectivity index (χ3n) is 5.18. The molecule has 1 aromatic carbocycles. The summed E-state index contributed by atoms with van der Waals surface area (Å²) in [7, 11) is -3.26. The van der Waals surface area contributed by atoms with E-state index in [1.54, 1.807) is 12.1 Å². The molecule has 5 nitrogen and oxygen atoms in total. The Balaban J connectivity index is 1.86. The Hall–Kier alpha value is -1.63. The number of benzene rings is 1. The lowest BCUT2D eigenvalue weighted by molar-refractivity contribution is 0.380. The van der Waals surface area contributed by atoms with Gasteiger partial charge >= 0.3 is 0 Å². The highest BCUT2D eigenvalue weighted by atomic mass is 35.5. The van der Waals surface area contributed by atoms with Gasteiger partial charge < -0.3 is 4.57 Å². The molecular formula is C19H21ClN2O3S. The van der Waals surface area contributed by atoms with Crippen molar-refractivity contribution in [2.45, 2.75) is 32.4 Å². The van der Waals surface area contributed by atoms with Crippen LogP contribution in [-0.4, -0.2) is 30.1 Å². The van der Waals surface area contributed by atoms with Crippen LogP contribution in [0.4, 0.5) is 0 Å². The van der Waals surface area contributed by atoms with E-state index in [0.29, 0.717) is 42.6 Å². The second kappa shape index (κ2) is 6.51. The maximum absolute atomic E-state index is 13.2. The van der Waals surface area contributed by atoms with Crippen LogP contribution in [0.15, 0.2) is 35.1 Å². The smallest absolute Gasteiger partial charge is 0.258 e. The molecule has 0 spiro atoms. The topological polar surface area (TPSA) is 59.4 Å². The van der Waals surface area contributed by atoms with Crippen molar-refractivity contribution in [3.8, 4) is 11.1 Å². The summed E-state index contributed by atoms with van der Waals surface area (Å²) >= 11 is 6.11. The molecule has 1 aromatic heterocycles. The number of hydrogen-bond acceptors (Lipinski definition) is 3. The van der Waals surface area contributed by atoms with Crippen LogP contribution in [0, 0.1) is 5.92 Å². The van der Waals surface area contributed by atoms with Gasteiger partial charge in [-0.25, -0.2) is 8.42 Å². The van der Waals surface area contributed by atoms with Gasteiger partial charge in [0.25, 0.3) is 5.56 Å². The molecule has 7 heteroatoms. The normalized spacial score (nSPS) is 17.9. The minimum absolute atomic E-state index is 0.00859. The van der Waals surface area contributed by atoms with E-state index in [2.05, 4.69) is 0 Å². The number of rotatable bonds is 4. The zero-order chi connectivity index (χ0) is 18.5. The van der Waals surface area contributed by atoms with E-state index in [1.165, 1.54) is 10.6 Å². The SMILES string of the molecule is CS(=O)(=O)N1CCc2c(cc(-c3cccc(Cl)c3)c(=O)n2CC2CC2)C1. The minimum atomic E-state index is -3.26. The van der Waals surface area contributed by atoms with Crippen molar-refractivity contribution in [3.05, 3.63) is 57.0 Å². The fourth-order valence-corrected chi connectivity index (χ4v) is 4.58. The zero-order valence-electron chi connectivity index (χ0n) is 14.6. The van der Waals surface area contributed by atoms with Crippen molar-refractivity contribution in [2.75, 3.05) is 12.8 Å². The van der Waals surface area contributed by atoms with Crippen molar-refractivity contribution >= 4 is 21.6 Å². The van der Waals surface area contributed by atoms with E-state index in [1.807, 2.05) is 22.8 Å². The van der Waals surface area contributed by atoms with E-state index in [9.17, 15) is 13.2 Å². The first kappa shape index (κ1) is 17.8. The lowest BCUT2D eigenvalue weighted by Gasteiger charge is -2.29. The molecule has 1 saturated carbocycles. The van der Waals surface area contributed by atoms with Crippen LogP contribution in [-0.2, 0) is 29.5 Å². The summed E-state index contributed by atoms with van der Waals surface area (Å²) in [5.41, 5.74) is 3.24. The molecule has 2 aliphatic rings. The highest BCUT2D eigenvalue weighted by Gasteiger charge is 2.29. The highest BCUT2D eigenvalue weighted by Crippen LogP contribution is 2.32. The summed E-state index contributed by atoms with van der Waals surface area (Å²) in [5, 5.41) is 0.575. The van der Waals surface area contributed by atoms with Crippen LogP contribution in [0.5, 0.6) is 0 Å². The van der Waals surface area contributed by atoms with Gasteiger partial charge in [-0.2, -0.15) is 4.31 Å². The number of halogens is 1. The molecular weight excluding hydrogens is 372 g/mol. The van der Waals surface area contributed by atoms with Gasteiger partial charge in [0.1, 0.15) is 0 Å². The van der Waals surface area contributed by atoms with Crippen LogP contribution in [0.2, 0.25) is 5.02 Å². The lowest BCUT2D eigenvalue weighted by Crippen LogP contribution is -2.39. The third-order valence-corrected chi connectivity index (χ3v) is 6.66. The van der Waals surface area contributed by atoms with Gasteiger partial charge in [-0.15, -0.1) is 0 Å². The van der Waals surface area contributed by atoms with E-state index in [-0.39, 0.29) is 5.56 Å². The lowest BCUT2D eigenvalue weighted by atomic mass is 10.00. The van der Waals surface area contributed by atoms with Crippen LogP contribution >= 0.6 is 11.6 Å². The van der Waals surface area contributed by atoms with E-state index in [0.717, 1.165) is 29.7 Å². The molecule has 26 heavy (non-hydrogen) atoms. The van der Waals surface area contributed by atoms with E-state index < -0.39 is 10.0 Å². The van der Waals surface area contributed by atoms with Crippen LogP contribution in [0.1, 0.15) is 24.1 Å². The molecule has 1 aliphatic carbocycles. The summed E-state index contributed by atoms with van der Waals surface area (Å²) in [6, 6.07) is 9.10. The summed E-state index contributed by atoms with van der Waals surface area (Å²) in [6.07, 6.45) is 4.10. The molecule has 0 radical (unpaired) electrons. The van der Waals surface area contributed by atoms with Gasteiger partial charge in [0.15, 0.2) is 0 Å². The standard InChI is InChI=1S/C19H21ClN2O3S/c1-26(24,25)21-8-7-18-15(12-21)10-17(14-3-2-4-16(20)9-14)19(23)22(18)11-13-5-6-13/h2-4,9-10,13H,5-8,11-12H2,1H3. The minimum Gasteiger partial charge on any atom is -0.311 e. The Morgan fingerprint density at radius 2 is 2.00 bits per heavy atom. The molecule has 0 saturated heterocycles. The van der Waals surface area contributed by atoms with Crippen LogP contribution in [0.3, 0.4) is 0 Å². The first-order valence-corrected chi connectivity index (χ1v) is 11.0. The first-order valence-electron chi connectivity index (χ1n) is 8.79. The zero-order valence-corrected chi connectivity index (χ0v) is 16.2.